The van der Waals surface area contributed by atoms with Gasteiger partial charge in [-0.25, -0.2) is 22.4 Å². The molecule has 4 aliphatic rings. The molecule has 0 atom stereocenters. The monoisotopic (exact) mass is 2090 g/mol. The Hall–Kier alpha value is -4.45. The van der Waals surface area contributed by atoms with Crippen LogP contribution in [0.2, 0.25) is 15.1 Å². The number of nitrogens with one attached hydrogen (secondary N) is 1. The van der Waals surface area contributed by atoms with Crippen LogP contribution in [0.3, 0.4) is 0 Å². The smallest absolute Gasteiger partial charge is 1.00 e. The molecule has 11 aromatic carbocycles. The van der Waals surface area contributed by atoms with Crippen molar-refractivity contribution in [1.82, 2.24) is 0 Å². The number of carbonyl (C=O) groups is 5. The first-order valence-electron chi connectivity index (χ1n) is 32.4. The molecule has 4 fully saturated rings. The molecule has 33 heteroatoms. The first kappa shape index (κ1) is 113. The number of nitro benzene ring substituents is 1. The second-order valence-corrected chi connectivity index (χ2v) is 27.2. The number of non-ortho nitro benzene ring substituents is 1. The third-order valence-electron chi connectivity index (χ3n) is 15.4. The van der Waals surface area contributed by atoms with Gasteiger partial charge < -0.3 is 93.6 Å². The maximum atomic E-state index is 10.9. The van der Waals surface area contributed by atoms with E-state index >= 15 is 0 Å². The number of amides is 1. The van der Waals surface area contributed by atoms with Crippen LogP contribution in [0.5, 0.6) is 0 Å². The van der Waals surface area contributed by atoms with Crippen molar-refractivity contribution in [2.24, 2.45) is 0 Å². The normalized spacial score (nSPS) is 11.5. The number of nitrogens with two attached hydrogens (primary N) is 3. The molecule has 1 amide bonds. The Bertz CT molecular complexity index is 4780. The number of Topliss-reactive ketones (excluding diaryl/α,β-unsaturated/α-hetero) is 1. The summed E-state index contributed by atoms with van der Waals surface area (Å²) in [6, 6.07) is 66.7. The molecule has 11 aromatic rings. The SMILES string of the molecule is Brc1cccc2ccccc12.CC(=O)c1ccc(N)c(Cl)c1.ClCCl.Nc1ccc(C(=O)O)cc1Cl.Nc1ccc(C2CC2)c2ccccc12.O=C(CCl)Nc1ccc(C(=O)O)cc1Cl.O=C(Cl)CCl.O=[N+]([O-])O.O=[N+]([O-])c1ccc(C2CC2)c2ccccc12.[Br-].[CH-]1CC1.[CH3-].[Cl-].[Cl-].[Cs+].[HH].[Mg+2].[Pd].c1ccc2c(C3CC3)cccc2c1. The average Bonchev–Trinajstić information content (AvgIpc) is 1.67. The van der Waals surface area contributed by atoms with Crippen molar-refractivity contribution >= 4 is 232 Å². The van der Waals surface area contributed by atoms with Crippen molar-refractivity contribution in [3.8, 4) is 0 Å². The number of nitro groups is 1. The molecule has 600 valence electrons. The van der Waals surface area contributed by atoms with E-state index in [2.05, 4.69) is 131 Å². The Labute approximate surface area is 818 Å². The number of benzene rings is 11. The summed E-state index contributed by atoms with van der Waals surface area (Å²) in [4.78, 5) is 71.1. The fourth-order valence-corrected chi connectivity index (χ4v) is 11.0. The van der Waals surface area contributed by atoms with Crippen molar-refractivity contribution in [2.75, 3.05) is 39.6 Å². The summed E-state index contributed by atoms with van der Waals surface area (Å²) in [5.74, 6) is -0.511. The zero-order chi connectivity index (χ0) is 78.0. The first-order valence-corrected chi connectivity index (χ1v) is 36.9. The van der Waals surface area contributed by atoms with E-state index in [1.165, 1.54) is 138 Å². The predicted molar refractivity (Wildman–Crippen MR) is 452 cm³/mol. The minimum absolute atomic E-state index is 0. The number of hydrogen-bond acceptors (Lipinski definition) is 12. The summed E-state index contributed by atoms with van der Waals surface area (Å²) in [7, 11) is 0. The van der Waals surface area contributed by atoms with Gasteiger partial charge in [0.2, 0.25) is 11.1 Å². The largest absolute Gasteiger partial charge is 2.00 e. The minimum Gasteiger partial charge on any atom is -1.00 e. The zero-order valence-electron chi connectivity index (χ0n) is 61.0. The Morgan fingerprint density at radius 3 is 1.25 bits per heavy atom. The maximum Gasteiger partial charge on any atom is 2.00 e. The van der Waals surface area contributed by atoms with Crippen LogP contribution in [-0.4, -0.2) is 94.5 Å². The van der Waals surface area contributed by atoms with E-state index in [-0.39, 0.29) is 218 Å². The van der Waals surface area contributed by atoms with E-state index in [4.69, 9.17) is 136 Å². The van der Waals surface area contributed by atoms with Gasteiger partial charge >= 0.3 is 104 Å². The van der Waals surface area contributed by atoms with Crippen molar-refractivity contribution in [1.29, 1.82) is 0 Å². The first-order chi connectivity index (χ1) is 50.6. The summed E-state index contributed by atoms with van der Waals surface area (Å²) < 4.78 is 1.16. The Kier molecular flexibility index (Phi) is 59.9. The predicted octanol–water partition coefficient (Wildman–Crippen LogP) is 11.6. The second kappa shape index (κ2) is 60.1. The molecule has 4 aliphatic carbocycles. The van der Waals surface area contributed by atoms with Gasteiger partial charge in [-0.1, -0.05) is 184 Å². The molecule has 10 N–H and O–H groups in total. The van der Waals surface area contributed by atoms with Gasteiger partial charge in [0.05, 0.1) is 64.8 Å². The summed E-state index contributed by atoms with van der Waals surface area (Å²) >= 11 is 44.9. The van der Waals surface area contributed by atoms with Crippen LogP contribution in [-0.2, 0) is 30.0 Å². The van der Waals surface area contributed by atoms with Gasteiger partial charge in [-0.2, -0.15) is 0 Å². The van der Waals surface area contributed by atoms with Crippen molar-refractivity contribution in [3.63, 3.8) is 0 Å². The van der Waals surface area contributed by atoms with Gasteiger partial charge in [-0.15, -0.1) is 56.5 Å². The molecule has 0 heterocycles. The van der Waals surface area contributed by atoms with E-state index in [1.807, 2.05) is 48.5 Å². The summed E-state index contributed by atoms with van der Waals surface area (Å²) in [6.45, 7) is 1.49. The van der Waals surface area contributed by atoms with Gasteiger partial charge in [0.15, 0.2) is 5.78 Å². The molecule has 113 heavy (non-hydrogen) atoms. The van der Waals surface area contributed by atoms with Crippen LogP contribution in [0.25, 0.3) is 43.1 Å². The average molecular weight is 2090 g/mol. The number of ketones is 1. The van der Waals surface area contributed by atoms with Gasteiger partial charge in [-0.3, -0.25) is 24.5 Å². The number of carbonyl (C=O) groups excluding carboxylic acids is 3. The number of carboxylic acids is 2. The van der Waals surface area contributed by atoms with Crippen LogP contribution in [0.4, 0.5) is 28.4 Å². The van der Waals surface area contributed by atoms with Gasteiger partial charge in [0.25, 0.3) is 10.8 Å². The molecule has 0 bridgehead atoms. The molecule has 0 aromatic heterocycles. The molecule has 0 unspecified atom stereocenters. The van der Waals surface area contributed by atoms with Crippen molar-refractivity contribution < 1.29 is 182 Å². The number of hydrogen-bond donors (Lipinski definition) is 7. The van der Waals surface area contributed by atoms with E-state index in [0.717, 1.165) is 32.8 Å². The van der Waals surface area contributed by atoms with Crippen LogP contribution in [0.15, 0.2) is 217 Å². The number of carboxylic acid groups (broad SMARTS) is 2. The molecule has 0 aliphatic heterocycles. The molecule has 0 spiro atoms. The Morgan fingerprint density at radius 1 is 0.522 bits per heavy atom. The van der Waals surface area contributed by atoms with Crippen LogP contribution in [0, 0.1) is 34.1 Å². The standard InChI is InChI=1S/C13H11NO2.C13H13N.C13H12.C10H7Br.C9H7Cl2NO3.C8H8ClNO.C7H6ClNO2.C3H5.C2H2Cl2O.CH2Cl2.CH3.BrH.2ClH.Cs.Mg.HNO3.Pd.H2/c15-14(16)13-8-7-10(9-5-6-9)11-3-1-2-4-12(11)13;14-13-8-7-10(9-5-6-9)11-3-1-2-4-12(11)13;1-2-6-12-10(4-1)5-3-7-13(12)11-8-9-11;11-10-7-3-5-8-4-1-2-6-9(8)10;10-4-8(13)12-7-2-1-5(9(14)15)3-6(7)11;1-5(11)6-2-3-8(10)7(9)4-6;8-5-3-4(7(10)11)1-2-6(5)9;1-2-3-1;3-1-2(4)5;2-1-3;;;;;;;2-1(3)4;;/h1-4,7-9H,5-6H2;1-4,7-9H,5-6,14H2;1-7,11H,8-9H2;1-7H;1-3H,4H2,(H,12,13)(H,14,15);2-4H,10H2,1H3;1-3H,9H2,(H,10,11);1H,2-3H2;1H2;1H2;1H3;3*1H;;;(H,2,3,4);;1H/q;;;;;;;-1;;;-1;;;;+1;+2;;;/p-3. The second-order valence-electron chi connectivity index (χ2n) is 23.3. The number of halogens is 12. The van der Waals surface area contributed by atoms with Gasteiger partial charge in [-0.05, 0) is 197 Å². The van der Waals surface area contributed by atoms with Crippen LogP contribution < -0.4 is 133 Å². The minimum atomic E-state index is -1.50. The van der Waals surface area contributed by atoms with E-state index < -0.39 is 28.2 Å². The topological polar surface area (TPSA) is 322 Å². The maximum absolute atomic E-state index is 10.9. The van der Waals surface area contributed by atoms with E-state index in [9.17, 15) is 34.1 Å². The van der Waals surface area contributed by atoms with Gasteiger partial charge in [0.1, 0.15) is 5.88 Å². The van der Waals surface area contributed by atoms with Crippen LogP contribution >= 0.6 is 109 Å². The van der Waals surface area contributed by atoms with Crippen molar-refractivity contribution in [3.05, 3.63) is 299 Å². The summed E-state index contributed by atoms with van der Waals surface area (Å²) in [5, 5.41) is 54.4. The molecule has 0 radical (unpaired) electrons. The van der Waals surface area contributed by atoms with Gasteiger partial charge in [0, 0.05) is 49.0 Å². The molecule has 0 saturated heterocycles. The van der Waals surface area contributed by atoms with Crippen LogP contribution in [0.1, 0.15) is 125 Å². The quantitative estimate of drug-likeness (QED) is 0.00978. The number of nitrogen functional groups attached to an aromatic ring is 3. The van der Waals surface area contributed by atoms with Crippen molar-refractivity contribution in [2.45, 2.75) is 76.0 Å². The number of rotatable bonds is 10. The molecule has 4 saturated carbocycles. The fraction of sp³-hybridized carbons (Fsp3) is 0.188. The fourth-order valence-electron chi connectivity index (χ4n) is 9.84. The molecular formula is C80H79Br2Cl10CsMgN6O12Pd-2. The third kappa shape index (κ3) is 41.2. The summed E-state index contributed by atoms with van der Waals surface area (Å²) in [5.41, 5.74) is 24.2. The number of anilines is 4. The summed E-state index contributed by atoms with van der Waals surface area (Å²) in [6.07, 6.45) is 12.9. The Morgan fingerprint density at radius 2 is 0.858 bits per heavy atom. The molecule has 15 rings (SSSR count). The Balaban J connectivity index is -0.000000596. The third-order valence-corrected chi connectivity index (χ3v) is 17.8. The zero-order valence-corrected chi connectivity index (χ0v) is 81.0. The number of alkyl halides is 4. The van der Waals surface area contributed by atoms with E-state index in [0.29, 0.717) is 33.6 Å². The van der Waals surface area contributed by atoms with E-state index in [1.54, 1.807) is 29.8 Å². The number of fused-ring (bicyclic) bond motifs is 4. The molecule has 18 nitrogen and oxygen atoms in total. The number of aromatic carboxylic acids is 2. The number of nitrogens with zero attached hydrogens (tertiary/aromatic N) is 2. The molecular weight excluding hydrogens is 2010 g/mol.